The Morgan fingerprint density at radius 3 is 1.79 bits per heavy atom. The number of unbranched alkanes of at least 4 members (excludes halogenated alkanes) is 5. The molecular formula is C21H39ClN2O4. The van der Waals surface area contributed by atoms with E-state index in [1.54, 1.807) is 0 Å². The molecule has 0 aliphatic heterocycles. The summed E-state index contributed by atoms with van der Waals surface area (Å²) in [5, 5.41) is 3.53. The minimum atomic E-state index is -4.94. The molecule has 1 aromatic rings. The van der Waals surface area contributed by atoms with Crippen LogP contribution in [0.4, 0.5) is 0 Å². The lowest BCUT2D eigenvalue weighted by molar-refractivity contribution is -2.00. The highest BCUT2D eigenvalue weighted by Crippen LogP contribution is 2.23. The minimum Gasteiger partial charge on any atom is -0.329 e. The van der Waals surface area contributed by atoms with Crippen LogP contribution >= 0.6 is 0 Å². The summed E-state index contributed by atoms with van der Waals surface area (Å²) in [5.74, 6) is 0. The normalized spacial score (nSPS) is 14.2. The van der Waals surface area contributed by atoms with Crippen LogP contribution < -0.4 is 24.0 Å². The summed E-state index contributed by atoms with van der Waals surface area (Å²) in [6, 6.07) is 9.29. The standard InChI is InChI=1S/C21H39N2.ClHO4/c1-7-8-9-10-11-12-13-19-14-16-20(17-15-19)21(2,22-3)18-23(4,5)6;2-1(3,4)5/h14-17,22H,7-13,18H2,1-6H3;(H,2,3,4,5)/q+1;/p-1. The van der Waals surface area contributed by atoms with Gasteiger partial charge in [0.2, 0.25) is 0 Å². The maximum atomic E-state index is 8.49. The summed E-state index contributed by atoms with van der Waals surface area (Å²) in [6.07, 6.45) is 9.44. The average Bonchev–Trinajstić information content (AvgIpc) is 2.55. The molecular weight excluding hydrogens is 380 g/mol. The van der Waals surface area contributed by atoms with Crippen LogP contribution in [0.3, 0.4) is 0 Å². The number of benzene rings is 1. The molecule has 0 aliphatic rings. The molecule has 0 radical (unpaired) electrons. The van der Waals surface area contributed by atoms with Crippen molar-refractivity contribution in [3.05, 3.63) is 35.4 Å². The summed E-state index contributed by atoms with van der Waals surface area (Å²) in [7, 11) is 3.88. The van der Waals surface area contributed by atoms with Gasteiger partial charge < -0.3 is 9.80 Å². The number of likely N-dealkylation sites (N-methyl/N-ethyl adjacent to an activating group) is 2. The average molecular weight is 419 g/mol. The Morgan fingerprint density at radius 2 is 1.36 bits per heavy atom. The van der Waals surface area contributed by atoms with E-state index < -0.39 is 10.2 Å². The fraction of sp³-hybridized carbons (Fsp3) is 0.714. The molecule has 6 nitrogen and oxygen atoms in total. The summed E-state index contributed by atoms with van der Waals surface area (Å²) < 4.78 is 34.9. The fourth-order valence-electron chi connectivity index (χ4n) is 3.41. The number of quaternary nitrogens is 1. The van der Waals surface area contributed by atoms with Crippen molar-refractivity contribution in [3.63, 3.8) is 0 Å². The molecule has 0 heterocycles. The third kappa shape index (κ3) is 14.3. The second-order valence-electron chi connectivity index (χ2n) is 8.62. The maximum Gasteiger partial charge on any atom is 0.100 e. The molecule has 0 saturated carbocycles. The van der Waals surface area contributed by atoms with Crippen LogP contribution in [0, 0.1) is 10.2 Å². The van der Waals surface area contributed by atoms with Crippen molar-refractivity contribution in [3.8, 4) is 0 Å². The molecule has 1 rings (SSSR count). The molecule has 28 heavy (non-hydrogen) atoms. The van der Waals surface area contributed by atoms with Crippen LogP contribution in [0.1, 0.15) is 63.5 Å². The van der Waals surface area contributed by atoms with E-state index in [2.05, 4.69) is 71.6 Å². The molecule has 0 saturated heterocycles. The van der Waals surface area contributed by atoms with Gasteiger partial charge in [-0.25, -0.2) is 18.6 Å². The van der Waals surface area contributed by atoms with Crippen molar-refractivity contribution >= 4 is 0 Å². The Kier molecular flexibility index (Phi) is 12.4. The topological polar surface area (TPSA) is 104 Å². The van der Waals surface area contributed by atoms with E-state index in [1.807, 2.05) is 0 Å². The molecule has 0 spiro atoms. The van der Waals surface area contributed by atoms with Crippen LogP contribution in [0.5, 0.6) is 0 Å². The smallest absolute Gasteiger partial charge is 0.100 e. The lowest BCUT2D eigenvalue weighted by Gasteiger charge is -2.37. The highest BCUT2D eigenvalue weighted by molar-refractivity contribution is 5.28. The van der Waals surface area contributed by atoms with Crippen LogP contribution in [0.25, 0.3) is 0 Å². The second-order valence-corrected chi connectivity index (χ2v) is 9.38. The van der Waals surface area contributed by atoms with E-state index in [0.29, 0.717) is 0 Å². The van der Waals surface area contributed by atoms with Crippen molar-refractivity contribution in [1.82, 2.24) is 5.32 Å². The van der Waals surface area contributed by atoms with Crippen molar-refractivity contribution < 1.29 is 33.4 Å². The highest BCUT2D eigenvalue weighted by atomic mass is 35.7. The molecule has 1 atom stereocenters. The number of hydrogen-bond acceptors (Lipinski definition) is 5. The molecule has 0 amide bonds. The SMILES string of the molecule is CCCCCCCCc1ccc(C(C)(C[N+](C)(C)C)NC)cc1.[O-][Cl+3]([O-])([O-])[O-]. The number of rotatable bonds is 11. The maximum absolute atomic E-state index is 8.49. The predicted molar refractivity (Wildman–Crippen MR) is 103 cm³/mol. The summed E-state index contributed by atoms with van der Waals surface area (Å²) in [4.78, 5) is 0. The van der Waals surface area contributed by atoms with Gasteiger partial charge in [-0.3, -0.25) is 0 Å². The molecule has 0 aromatic heterocycles. The van der Waals surface area contributed by atoms with Crippen molar-refractivity contribution in [1.29, 1.82) is 0 Å². The number of nitrogens with zero attached hydrogens (tertiary/aromatic N) is 1. The van der Waals surface area contributed by atoms with E-state index in [9.17, 15) is 0 Å². The first-order valence-electron chi connectivity index (χ1n) is 10.0. The molecule has 164 valence electrons. The van der Waals surface area contributed by atoms with Crippen LogP contribution in [0.2, 0.25) is 0 Å². The third-order valence-corrected chi connectivity index (χ3v) is 4.75. The van der Waals surface area contributed by atoms with E-state index in [1.165, 1.54) is 56.1 Å². The Hall–Kier alpha value is -0.730. The van der Waals surface area contributed by atoms with Gasteiger partial charge in [0.15, 0.2) is 0 Å². The van der Waals surface area contributed by atoms with Gasteiger partial charge in [-0.1, -0.05) is 63.3 Å². The number of hydrogen-bond donors (Lipinski definition) is 1. The molecule has 0 fully saturated rings. The summed E-state index contributed by atoms with van der Waals surface area (Å²) in [5.41, 5.74) is 2.89. The van der Waals surface area contributed by atoms with Gasteiger partial charge in [0.05, 0.1) is 26.7 Å². The van der Waals surface area contributed by atoms with Crippen LogP contribution in [0.15, 0.2) is 24.3 Å². The van der Waals surface area contributed by atoms with Gasteiger partial charge in [-0.05, 0) is 37.9 Å². The third-order valence-electron chi connectivity index (χ3n) is 4.75. The molecule has 7 heteroatoms. The van der Waals surface area contributed by atoms with Gasteiger partial charge >= 0.3 is 0 Å². The summed E-state index contributed by atoms with van der Waals surface area (Å²) in [6.45, 7) is 5.65. The first-order chi connectivity index (χ1) is 12.8. The fourth-order valence-corrected chi connectivity index (χ4v) is 3.41. The van der Waals surface area contributed by atoms with Gasteiger partial charge in [0.1, 0.15) is 6.54 Å². The van der Waals surface area contributed by atoms with Crippen molar-refractivity contribution in [2.75, 3.05) is 34.7 Å². The number of halogens is 1. The predicted octanol–water partition coefficient (Wildman–Crippen LogP) is -0.0256. The van der Waals surface area contributed by atoms with Crippen LogP contribution in [-0.2, 0) is 12.0 Å². The van der Waals surface area contributed by atoms with Gasteiger partial charge in [0.25, 0.3) is 0 Å². The van der Waals surface area contributed by atoms with Crippen molar-refractivity contribution in [2.45, 2.75) is 64.3 Å². The monoisotopic (exact) mass is 418 g/mol. The Balaban J connectivity index is 0.00000129. The van der Waals surface area contributed by atoms with E-state index >= 15 is 0 Å². The minimum absolute atomic E-state index is 0.0247. The van der Waals surface area contributed by atoms with Gasteiger partial charge in [0, 0.05) is 0 Å². The molecule has 1 N–H and O–H groups in total. The largest absolute Gasteiger partial charge is 0.329 e. The highest BCUT2D eigenvalue weighted by Gasteiger charge is 2.31. The van der Waals surface area contributed by atoms with Crippen LogP contribution in [-0.4, -0.2) is 39.2 Å². The quantitative estimate of drug-likeness (QED) is 0.401. The Morgan fingerprint density at radius 1 is 0.893 bits per heavy atom. The first kappa shape index (κ1) is 27.3. The van der Waals surface area contributed by atoms with Gasteiger partial charge in [-0.15, -0.1) is 10.2 Å². The number of aryl methyl sites for hydroxylation is 1. The molecule has 0 bridgehead atoms. The molecule has 1 unspecified atom stereocenters. The van der Waals surface area contributed by atoms with Crippen molar-refractivity contribution in [2.24, 2.45) is 0 Å². The second kappa shape index (κ2) is 12.8. The first-order valence-corrected chi connectivity index (χ1v) is 11.2. The Labute approximate surface area is 173 Å². The van der Waals surface area contributed by atoms with E-state index in [0.717, 1.165) is 11.0 Å². The zero-order chi connectivity index (χ0) is 21.8. The zero-order valence-electron chi connectivity index (χ0n) is 18.4. The van der Waals surface area contributed by atoms with E-state index in [-0.39, 0.29) is 5.54 Å². The van der Waals surface area contributed by atoms with E-state index in [4.69, 9.17) is 18.6 Å². The lowest BCUT2D eigenvalue weighted by atomic mass is 9.90. The van der Waals surface area contributed by atoms with Gasteiger partial charge in [-0.2, -0.15) is 0 Å². The molecule has 0 aliphatic carbocycles. The Bertz CT molecular complexity index is 521. The summed E-state index contributed by atoms with van der Waals surface area (Å²) >= 11 is 0. The number of nitrogens with one attached hydrogen (secondary N) is 1. The lowest BCUT2D eigenvalue weighted by Crippen LogP contribution is -2.68. The zero-order valence-corrected chi connectivity index (χ0v) is 19.2. The molecule has 1 aromatic carbocycles.